The van der Waals surface area contributed by atoms with Crippen LogP contribution >= 0.6 is 12.2 Å². The van der Waals surface area contributed by atoms with Gasteiger partial charge in [-0.1, -0.05) is 12.2 Å². The average molecular weight is 323 g/mol. The summed E-state index contributed by atoms with van der Waals surface area (Å²) in [5.74, 6) is -1.61. The maximum atomic E-state index is 11.4. The number of rotatable bonds is 7. The molecule has 0 radical (unpaired) electrons. The predicted molar refractivity (Wildman–Crippen MR) is 88.0 cm³/mol. The molecule has 0 fully saturated rings. The molecule has 0 saturated carbocycles. The first kappa shape index (κ1) is 17.5. The molecular formula is C13H17N5O3S. The summed E-state index contributed by atoms with van der Waals surface area (Å²) in [5.41, 5.74) is 11.4. The number of aliphatic hydroxyl groups excluding tert-OH is 1. The van der Waals surface area contributed by atoms with E-state index in [-0.39, 0.29) is 12.0 Å². The molecule has 0 bridgehead atoms. The molecule has 9 heteroatoms. The number of primary amides is 2. The highest BCUT2D eigenvalue weighted by molar-refractivity contribution is 7.80. The average Bonchev–Trinajstić information content (AvgIpc) is 2.37. The molecule has 0 spiro atoms. The molecule has 0 heterocycles. The Morgan fingerprint density at radius 3 is 2.55 bits per heavy atom. The molecule has 0 aromatic heterocycles. The van der Waals surface area contributed by atoms with Gasteiger partial charge >= 0.3 is 0 Å². The molecule has 1 rings (SSSR count). The van der Waals surface area contributed by atoms with Gasteiger partial charge in [0.15, 0.2) is 0 Å². The van der Waals surface area contributed by atoms with Crippen LogP contribution in [0.3, 0.4) is 0 Å². The molecule has 8 nitrogen and oxygen atoms in total. The summed E-state index contributed by atoms with van der Waals surface area (Å²) in [6, 6.07) is 4.33. The quantitative estimate of drug-likeness (QED) is 0.239. The second-order valence-electron chi connectivity index (χ2n) is 4.58. The minimum absolute atomic E-state index is 0.184. The fourth-order valence-electron chi connectivity index (χ4n) is 1.62. The van der Waals surface area contributed by atoms with Crippen LogP contribution in [0.15, 0.2) is 18.2 Å². The Kier molecular flexibility index (Phi) is 5.96. The van der Waals surface area contributed by atoms with E-state index in [1.807, 2.05) is 0 Å². The number of anilines is 2. The number of hydrogen-bond donors (Lipinski definition) is 6. The van der Waals surface area contributed by atoms with Crippen LogP contribution in [0.5, 0.6) is 0 Å². The predicted octanol–water partition coefficient (Wildman–Crippen LogP) is 0.170. The number of carbonyl (C=O) groups excluding carboxylic acids is 2. The first-order chi connectivity index (χ1) is 10.2. The zero-order chi connectivity index (χ0) is 16.9. The molecule has 2 amide bonds. The Bertz CT molecular complexity index is 632. The number of benzene rings is 1. The molecule has 1 atom stereocenters. The molecule has 118 valence electrons. The van der Waals surface area contributed by atoms with Gasteiger partial charge in [0.25, 0.3) is 11.8 Å². The Balaban J connectivity index is 3.04. The van der Waals surface area contributed by atoms with E-state index in [0.29, 0.717) is 22.1 Å². The molecule has 0 aliphatic carbocycles. The topological polar surface area (TPSA) is 154 Å². The number of aliphatic hydroxyl groups is 1. The van der Waals surface area contributed by atoms with E-state index >= 15 is 0 Å². The van der Waals surface area contributed by atoms with Gasteiger partial charge in [-0.3, -0.25) is 9.59 Å². The fraction of sp³-hybridized carbons (Fsp3) is 0.231. The van der Waals surface area contributed by atoms with E-state index in [1.165, 1.54) is 18.2 Å². The second kappa shape index (κ2) is 7.48. The van der Waals surface area contributed by atoms with Crippen molar-refractivity contribution in [2.24, 2.45) is 11.5 Å². The van der Waals surface area contributed by atoms with Gasteiger partial charge in [-0.15, -0.1) is 0 Å². The van der Waals surface area contributed by atoms with Crippen molar-refractivity contribution in [1.29, 1.82) is 5.41 Å². The number of carbonyl (C=O) groups is 2. The SMILES string of the molecule is CC(=N)CC(=S)Nc1cc(NC(O)C(N)=O)ccc1C(N)=O. The number of thiocarbonyl (C=S) groups is 1. The Labute approximate surface area is 132 Å². The van der Waals surface area contributed by atoms with Crippen molar-refractivity contribution in [3.05, 3.63) is 23.8 Å². The van der Waals surface area contributed by atoms with Gasteiger partial charge in [0.05, 0.1) is 16.2 Å². The van der Waals surface area contributed by atoms with Gasteiger partial charge in [-0.05, 0) is 25.1 Å². The molecule has 1 aromatic carbocycles. The number of hydrogen-bond acceptors (Lipinski definition) is 6. The smallest absolute Gasteiger partial charge is 0.267 e. The number of amides is 2. The van der Waals surface area contributed by atoms with E-state index in [0.717, 1.165) is 0 Å². The van der Waals surface area contributed by atoms with Gasteiger partial charge in [-0.25, -0.2) is 0 Å². The number of nitrogens with one attached hydrogen (secondary N) is 3. The lowest BCUT2D eigenvalue weighted by molar-refractivity contribution is -0.124. The molecule has 8 N–H and O–H groups in total. The van der Waals surface area contributed by atoms with E-state index in [9.17, 15) is 14.7 Å². The van der Waals surface area contributed by atoms with Crippen LogP contribution in [0.4, 0.5) is 11.4 Å². The van der Waals surface area contributed by atoms with Gasteiger partial charge in [0.1, 0.15) is 0 Å². The van der Waals surface area contributed by atoms with Crippen molar-refractivity contribution in [3.63, 3.8) is 0 Å². The largest absolute Gasteiger partial charge is 0.366 e. The summed E-state index contributed by atoms with van der Waals surface area (Å²) in [7, 11) is 0. The van der Waals surface area contributed by atoms with Crippen LogP contribution in [0.25, 0.3) is 0 Å². The first-order valence-corrected chi connectivity index (χ1v) is 6.63. The van der Waals surface area contributed by atoms with Crippen LogP contribution in [0.2, 0.25) is 0 Å². The highest BCUT2D eigenvalue weighted by atomic mass is 32.1. The van der Waals surface area contributed by atoms with Crippen molar-refractivity contribution in [1.82, 2.24) is 0 Å². The maximum absolute atomic E-state index is 11.4. The standard InChI is InChI=1S/C13H17N5O3S/c1-6(14)4-10(22)18-9-5-7(17-13(21)12(16)20)2-3-8(9)11(15)19/h2-3,5,13-14,17,21H,4H2,1H3,(H2,15,19)(H2,16,20)(H,18,22). The highest BCUT2D eigenvalue weighted by Gasteiger charge is 2.14. The molecular weight excluding hydrogens is 306 g/mol. The third-order valence-corrected chi connectivity index (χ3v) is 2.80. The first-order valence-electron chi connectivity index (χ1n) is 6.22. The minimum Gasteiger partial charge on any atom is -0.366 e. The van der Waals surface area contributed by atoms with Crippen LogP contribution < -0.4 is 22.1 Å². The third kappa shape index (κ3) is 5.11. The van der Waals surface area contributed by atoms with Crippen molar-refractivity contribution >= 4 is 46.1 Å². The van der Waals surface area contributed by atoms with Gasteiger partial charge < -0.3 is 32.6 Å². The molecule has 0 aliphatic heterocycles. The molecule has 0 saturated heterocycles. The molecule has 1 aromatic rings. The zero-order valence-corrected chi connectivity index (χ0v) is 12.7. The Morgan fingerprint density at radius 2 is 2.05 bits per heavy atom. The third-order valence-electron chi connectivity index (χ3n) is 2.56. The lowest BCUT2D eigenvalue weighted by Gasteiger charge is -2.15. The highest BCUT2D eigenvalue weighted by Crippen LogP contribution is 2.22. The summed E-state index contributed by atoms with van der Waals surface area (Å²) in [6.07, 6.45) is -1.34. The van der Waals surface area contributed by atoms with E-state index < -0.39 is 18.0 Å². The Morgan fingerprint density at radius 1 is 1.41 bits per heavy atom. The maximum Gasteiger partial charge on any atom is 0.267 e. The fourth-order valence-corrected chi connectivity index (χ4v) is 1.94. The lowest BCUT2D eigenvalue weighted by Crippen LogP contribution is -2.35. The second-order valence-corrected chi connectivity index (χ2v) is 5.07. The van der Waals surface area contributed by atoms with Gasteiger partial charge in [0, 0.05) is 17.8 Å². The van der Waals surface area contributed by atoms with Crippen molar-refractivity contribution < 1.29 is 14.7 Å². The Hall–Kier alpha value is -2.52. The van der Waals surface area contributed by atoms with E-state index in [2.05, 4.69) is 10.6 Å². The molecule has 22 heavy (non-hydrogen) atoms. The van der Waals surface area contributed by atoms with E-state index in [4.69, 9.17) is 29.1 Å². The van der Waals surface area contributed by atoms with E-state index in [1.54, 1.807) is 6.92 Å². The van der Waals surface area contributed by atoms with Gasteiger partial charge in [-0.2, -0.15) is 0 Å². The molecule has 1 unspecified atom stereocenters. The van der Waals surface area contributed by atoms with Crippen molar-refractivity contribution in [3.8, 4) is 0 Å². The van der Waals surface area contributed by atoms with Crippen molar-refractivity contribution in [2.45, 2.75) is 19.6 Å². The van der Waals surface area contributed by atoms with Crippen LogP contribution in [0.1, 0.15) is 23.7 Å². The van der Waals surface area contributed by atoms with Gasteiger partial charge in [0.2, 0.25) is 6.23 Å². The normalized spacial score (nSPS) is 11.4. The summed E-state index contributed by atoms with van der Waals surface area (Å²) in [4.78, 5) is 22.6. The van der Waals surface area contributed by atoms with Crippen LogP contribution in [-0.4, -0.2) is 33.8 Å². The number of nitrogens with two attached hydrogens (primary N) is 2. The summed E-state index contributed by atoms with van der Waals surface area (Å²) < 4.78 is 0. The van der Waals surface area contributed by atoms with Crippen molar-refractivity contribution in [2.75, 3.05) is 10.6 Å². The lowest BCUT2D eigenvalue weighted by atomic mass is 10.1. The summed E-state index contributed by atoms with van der Waals surface area (Å²) in [5, 5.41) is 22.1. The summed E-state index contributed by atoms with van der Waals surface area (Å²) in [6.45, 7) is 1.60. The minimum atomic E-state index is -1.57. The van der Waals surface area contributed by atoms with Crippen LogP contribution in [0, 0.1) is 5.41 Å². The van der Waals surface area contributed by atoms with Crippen LogP contribution in [-0.2, 0) is 4.79 Å². The zero-order valence-electron chi connectivity index (χ0n) is 11.8. The molecule has 0 aliphatic rings. The summed E-state index contributed by atoms with van der Waals surface area (Å²) >= 11 is 5.08. The monoisotopic (exact) mass is 323 g/mol.